The first-order chi connectivity index (χ1) is 8.72. The number of hydrogen-bond donors (Lipinski definition) is 0. The summed E-state index contributed by atoms with van der Waals surface area (Å²) in [5.41, 5.74) is 3.59. The van der Waals surface area contributed by atoms with Crippen LogP contribution < -0.4 is 4.74 Å². The van der Waals surface area contributed by atoms with Crippen molar-refractivity contribution in [3.63, 3.8) is 0 Å². The van der Waals surface area contributed by atoms with Gasteiger partial charge in [-0.2, -0.15) is 0 Å². The Hall–Kier alpha value is -1.77. The van der Waals surface area contributed by atoms with E-state index in [0.717, 1.165) is 29.7 Å². The molecule has 0 spiro atoms. The molecular weight excluding hydrogens is 228 g/mol. The summed E-state index contributed by atoms with van der Waals surface area (Å²) in [4.78, 5) is 11.5. The van der Waals surface area contributed by atoms with Crippen molar-refractivity contribution >= 4 is 12.0 Å². The van der Waals surface area contributed by atoms with Crippen LogP contribution in [-0.4, -0.2) is 19.7 Å². The molecule has 0 amide bonds. The Morgan fingerprint density at radius 1 is 1.33 bits per heavy atom. The van der Waals surface area contributed by atoms with Gasteiger partial charge in [-0.25, -0.2) is 0 Å². The van der Waals surface area contributed by atoms with Crippen LogP contribution in [0.15, 0.2) is 23.8 Å². The highest BCUT2D eigenvalue weighted by molar-refractivity contribution is 5.75. The highest BCUT2D eigenvalue weighted by Gasteiger charge is 2.14. The minimum atomic E-state index is -0.143. The third kappa shape index (κ3) is 2.92. The lowest BCUT2D eigenvalue weighted by atomic mass is 9.90. The van der Waals surface area contributed by atoms with E-state index in [-0.39, 0.29) is 5.97 Å². The second-order valence-electron chi connectivity index (χ2n) is 4.35. The van der Waals surface area contributed by atoms with Crippen LogP contribution in [0.25, 0.3) is 6.08 Å². The van der Waals surface area contributed by atoms with E-state index in [1.54, 1.807) is 7.11 Å². The van der Waals surface area contributed by atoms with Crippen molar-refractivity contribution in [2.75, 3.05) is 13.7 Å². The summed E-state index contributed by atoms with van der Waals surface area (Å²) in [6.07, 6.45) is 4.38. The SMILES string of the molecule is CCOC(=O)CC1=Cc2cc(OC)ccc2CC1. The summed E-state index contributed by atoms with van der Waals surface area (Å²) >= 11 is 0. The number of carbonyl (C=O) groups is 1. The van der Waals surface area contributed by atoms with Crippen LogP contribution in [0.3, 0.4) is 0 Å². The summed E-state index contributed by atoms with van der Waals surface area (Å²) in [5, 5.41) is 0. The van der Waals surface area contributed by atoms with Crippen molar-refractivity contribution in [1.29, 1.82) is 0 Å². The highest BCUT2D eigenvalue weighted by atomic mass is 16.5. The van der Waals surface area contributed by atoms with Crippen molar-refractivity contribution in [1.82, 2.24) is 0 Å². The minimum absolute atomic E-state index is 0.143. The van der Waals surface area contributed by atoms with E-state index >= 15 is 0 Å². The molecule has 0 aliphatic heterocycles. The van der Waals surface area contributed by atoms with Crippen LogP contribution in [-0.2, 0) is 16.0 Å². The summed E-state index contributed by atoms with van der Waals surface area (Å²) in [7, 11) is 1.66. The molecule has 96 valence electrons. The van der Waals surface area contributed by atoms with Crippen LogP contribution in [0.4, 0.5) is 0 Å². The zero-order valence-electron chi connectivity index (χ0n) is 10.9. The average molecular weight is 246 g/mol. The Morgan fingerprint density at radius 2 is 2.17 bits per heavy atom. The normalized spacial score (nSPS) is 13.6. The first kappa shape index (κ1) is 12.7. The molecule has 0 saturated carbocycles. The second-order valence-corrected chi connectivity index (χ2v) is 4.35. The largest absolute Gasteiger partial charge is 0.497 e. The van der Waals surface area contributed by atoms with Gasteiger partial charge in [-0.1, -0.05) is 17.7 Å². The minimum Gasteiger partial charge on any atom is -0.497 e. The molecule has 3 nitrogen and oxygen atoms in total. The van der Waals surface area contributed by atoms with Gasteiger partial charge in [0.15, 0.2) is 0 Å². The number of benzene rings is 1. The third-order valence-electron chi connectivity index (χ3n) is 3.10. The van der Waals surface area contributed by atoms with Crippen molar-refractivity contribution in [3.8, 4) is 5.75 Å². The molecule has 3 heteroatoms. The van der Waals surface area contributed by atoms with E-state index in [9.17, 15) is 4.79 Å². The topological polar surface area (TPSA) is 35.5 Å². The Balaban J connectivity index is 2.15. The summed E-state index contributed by atoms with van der Waals surface area (Å²) in [6, 6.07) is 6.08. The fourth-order valence-corrected chi connectivity index (χ4v) is 2.19. The second kappa shape index (κ2) is 5.71. The quantitative estimate of drug-likeness (QED) is 0.766. The smallest absolute Gasteiger partial charge is 0.309 e. The van der Waals surface area contributed by atoms with Crippen LogP contribution in [0.2, 0.25) is 0 Å². The zero-order chi connectivity index (χ0) is 13.0. The number of hydrogen-bond acceptors (Lipinski definition) is 3. The van der Waals surface area contributed by atoms with Gasteiger partial charge in [-0.05, 0) is 43.0 Å². The van der Waals surface area contributed by atoms with Crippen molar-refractivity contribution in [3.05, 3.63) is 34.9 Å². The number of methoxy groups -OCH3 is 1. The molecule has 0 heterocycles. The predicted molar refractivity (Wildman–Crippen MR) is 70.5 cm³/mol. The summed E-state index contributed by atoms with van der Waals surface area (Å²) < 4.78 is 10.2. The molecule has 0 fully saturated rings. The van der Waals surface area contributed by atoms with Gasteiger partial charge in [0.25, 0.3) is 0 Å². The van der Waals surface area contributed by atoms with Crippen molar-refractivity contribution in [2.24, 2.45) is 0 Å². The lowest BCUT2D eigenvalue weighted by Crippen LogP contribution is -2.08. The fourth-order valence-electron chi connectivity index (χ4n) is 2.19. The first-order valence-electron chi connectivity index (χ1n) is 6.25. The molecule has 0 saturated heterocycles. The molecule has 0 unspecified atom stereocenters. The monoisotopic (exact) mass is 246 g/mol. The number of esters is 1. The molecule has 1 aromatic carbocycles. The molecule has 1 aromatic rings. The molecule has 2 rings (SSSR count). The van der Waals surface area contributed by atoms with E-state index in [4.69, 9.17) is 9.47 Å². The number of carbonyl (C=O) groups excluding carboxylic acids is 1. The maximum absolute atomic E-state index is 11.5. The molecule has 1 aliphatic carbocycles. The van der Waals surface area contributed by atoms with Gasteiger partial charge in [-0.15, -0.1) is 0 Å². The van der Waals surface area contributed by atoms with Gasteiger partial charge in [0.05, 0.1) is 20.1 Å². The van der Waals surface area contributed by atoms with Gasteiger partial charge in [-0.3, -0.25) is 4.79 Å². The Kier molecular flexibility index (Phi) is 4.03. The lowest BCUT2D eigenvalue weighted by Gasteiger charge is -2.16. The summed E-state index contributed by atoms with van der Waals surface area (Å²) in [6.45, 7) is 2.27. The fraction of sp³-hybridized carbons (Fsp3) is 0.400. The Bertz CT molecular complexity index is 475. The molecule has 0 radical (unpaired) electrons. The van der Waals surface area contributed by atoms with E-state index in [2.05, 4.69) is 12.1 Å². The van der Waals surface area contributed by atoms with E-state index < -0.39 is 0 Å². The molecule has 0 bridgehead atoms. The van der Waals surface area contributed by atoms with Crippen molar-refractivity contribution < 1.29 is 14.3 Å². The van der Waals surface area contributed by atoms with E-state index in [1.807, 2.05) is 19.1 Å². The van der Waals surface area contributed by atoms with Crippen LogP contribution in [0.5, 0.6) is 5.75 Å². The average Bonchev–Trinajstić information content (AvgIpc) is 2.38. The Labute approximate surface area is 107 Å². The van der Waals surface area contributed by atoms with Gasteiger partial charge in [0, 0.05) is 0 Å². The highest BCUT2D eigenvalue weighted by Crippen LogP contribution is 2.28. The van der Waals surface area contributed by atoms with Gasteiger partial charge >= 0.3 is 5.97 Å². The van der Waals surface area contributed by atoms with Gasteiger partial charge < -0.3 is 9.47 Å². The maximum atomic E-state index is 11.5. The molecule has 1 aliphatic rings. The standard InChI is InChI=1S/C15H18O3/c1-3-18-15(16)9-11-4-5-12-6-7-14(17-2)10-13(12)8-11/h6-8,10H,3-5,9H2,1-2H3. The van der Waals surface area contributed by atoms with Crippen molar-refractivity contribution in [2.45, 2.75) is 26.2 Å². The maximum Gasteiger partial charge on any atom is 0.309 e. The third-order valence-corrected chi connectivity index (χ3v) is 3.10. The van der Waals surface area contributed by atoms with Gasteiger partial charge in [0.2, 0.25) is 0 Å². The number of ether oxygens (including phenoxy) is 2. The van der Waals surface area contributed by atoms with Crippen LogP contribution in [0.1, 0.15) is 30.9 Å². The van der Waals surface area contributed by atoms with Crippen LogP contribution >= 0.6 is 0 Å². The Morgan fingerprint density at radius 3 is 2.89 bits per heavy atom. The molecule has 0 N–H and O–H groups in total. The number of rotatable bonds is 4. The molecular formula is C15H18O3. The van der Waals surface area contributed by atoms with E-state index in [1.165, 1.54) is 5.56 Å². The van der Waals surface area contributed by atoms with Gasteiger partial charge in [0.1, 0.15) is 5.75 Å². The molecule has 0 atom stereocenters. The number of aryl methyl sites for hydroxylation is 1. The lowest BCUT2D eigenvalue weighted by molar-refractivity contribution is -0.142. The molecule has 18 heavy (non-hydrogen) atoms. The number of fused-ring (bicyclic) bond motifs is 1. The van der Waals surface area contributed by atoms with E-state index in [0.29, 0.717) is 13.0 Å². The molecule has 0 aromatic heterocycles. The zero-order valence-corrected chi connectivity index (χ0v) is 10.9. The summed E-state index contributed by atoms with van der Waals surface area (Å²) in [5.74, 6) is 0.706. The first-order valence-corrected chi connectivity index (χ1v) is 6.25. The van der Waals surface area contributed by atoms with Crippen LogP contribution in [0, 0.1) is 0 Å². The predicted octanol–water partition coefficient (Wildman–Crippen LogP) is 2.98.